The summed E-state index contributed by atoms with van der Waals surface area (Å²) in [5, 5.41) is 0. The Bertz CT molecular complexity index is 428. The molecule has 0 aromatic carbocycles. The van der Waals surface area contributed by atoms with Gasteiger partial charge >= 0.3 is 0 Å². The van der Waals surface area contributed by atoms with E-state index in [2.05, 4.69) is 0 Å². The van der Waals surface area contributed by atoms with Crippen molar-refractivity contribution in [2.45, 2.75) is 37.5 Å². The van der Waals surface area contributed by atoms with E-state index in [4.69, 9.17) is 18.0 Å². The van der Waals surface area contributed by atoms with Crippen LogP contribution in [0.1, 0.15) is 26.7 Å². The van der Waals surface area contributed by atoms with Gasteiger partial charge in [-0.2, -0.15) is 28.8 Å². The maximum Gasteiger partial charge on any atom is 0.281 e. The van der Waals surface area contributed by atoms with Gasteiger partial charge in [-0.05, 0) is 32.9 Å². The van der Waals surface area contributed by atoms with Crippen molar-refractivity contribution in [3.05, 3.63) is 0 Å². The van der Waals surface area contributed by atoms with Crippen molar-refractivity contribution in [1.82, 2.24) is 8.61 Å². The molecule has 1 aliphatic rings. The predicted octanol–water partition coefficient (Wildman–Crippen LogP) is 1.06. The molecule has 1 heterocycles. The monoisotopic (exact) mass is 325 g/mol. The number of rotatable bonds is 5. The highest BCUT2D eigenvalue weighted by Crippen LogP contribution is 2.36. The van der Waals surface area contributed by atoms with Crippen LogP contribution >= 0.6 is 24.0 Å². The smallest absolute Gasteiger partial charge is 0.281 e. The van der Waals surface area contributed by atoms with Gasteiger partial charge in [0.2, 0.25) is 0 Å². The van der Waals surface area contributed by atoms with E-state index in [9.17, 15) is 8.42 Å². The van der Waals surface area contributed by atoms with E-state index in [1.54, 1.807) is 18.8 Å². The van der Waals surface area contributed by atoms with Crippen LogP contribution in [0.25, 0.3) is 0 Å². The Morgan fingerprint density at radius 3 is 2.21 bits per heavy atom. The van der Waals surface area contributed by atoms with E-state index < -0.39 is 10.2 Å². The molecule has 0 radical (unpaired) electrons. The number of nitrogens with zero attached hydrogens (tertiary/aromatic N) is 2. The van der Waals surface area contributed by atoms with Gasteiger partial charge in [-0.1, -0.05) is 12.2 Å². The third-order valence-corrected chi connectivity index (χ3v) is 7.88. The van der Waals surface area contributed by atoms with Crippen LogP contribution in [0.2, 0.25) is 0 Å². The number of nitrogens with two attached hydrogens (primary N) is 1. The molecule has 0 unspecified atom stereocenters. The predicted molar refractivity (Wildman–Crippen MR) is 85.7 cm³/mol. The molecule has 8 heteroatoms. The first-order chi connectivity index (χ1) is 8.67. The van der Waals surface area contributed by atoms with E-state index in [0.29, 0.717) is 30.9 Å². The normalized spacial score (nSPS) is 20.9. The van der Waals surface area contributed by atoms with E-state index in [1.807, 2.05) is 20.1 Å². The summed E-state index contributed by atoms with van der Waals surface area (Å²) in [7, 11) is -1.76. The van der Waals surface area contributed by atoms with E-state index in [0.717, 1.165) is 0 Å². The minimum Gasteiger partial charge on any atom is -0.392 e. The van der Waals surface area contributed by atoms with Crippen LogP contribution in [0, 0.1) is 0 Å². The van der Waals surface area contributed by atoms with Gasteiger partial charge in [0.05, 0.1) is 9.74 Å². The minimum absolute atomic E-state index is 0.0483. The number of thioether (sulfide) groups is 1. The highest BCUT2D eigenvalue weighted by Gasteiger charge is 2.41. The SMILES string of the molecule is CSC1(C(N)=S)CCN(S(=O)(=O)N(C)C(C)C)CC1. The van der Waals surface area contributed by atoms with E-state index >= 15 is 0 Å². The quantitative estimate of drug-likeness (QED) is 0.766. The summed E-state index contributed by atoms with van der Waals surface area (Å²) >= 11 is 6.76. The van der Waals surface area contributed by atoms with Gasteiger partial charge < -0.3 is 5.73 Å². The molecular weight excluding hydrogens is 302 g/mol. The summed E-state index contributed by atoms with van der Waals surface area (Å²) in [6.45, 7) is 4.67. The molecule has 1 aliphatic heterocycles. The average molecular weight is 326 g/mol. The molecule has 0 aliphatic carbocycles. The van der Waals surface area contributed by atoms with Gasteiger partial charge in [0.1, 0.15) is 0 Å². The lowest BCUT2D eigenvalue weighted by molar-refractivity contribution is 0.293. The summed E-state index contributed by atoms with van der Waals surface area (Å²) in [6, 6.07) is -0.0483. The van der Waals surface area contributed by atoms with Gasteiger partial charge in [-0.25, -0.2) is 0 Å². The Morgan fingerprint density at radius 2 is 1.89 bits per heavy atom. The molecular formula is C11H23N3O2S3. The molecule has 0 atom stereocenters. The molecule has 0 amide bonds. The van der Waals surface area contributed by atoms with Crippen molar-refractivity contribution in [2.75, 3.05) is 26.4 Å². The van der Waals surface area contributed by atoms with E-state index in [1.165, 1.54) is 8.61 Å². The maximum absolute atomic E-state index is 12.4. The van der Waals surface area contributed by atoms with Crippen LogP contribution < -0.4 is 5.73 Å². The molecule has 19 heavy (non-hydrogen) atoms. The summed E-state index contributed by atoms with van der Waals surface area (Å²) in [4.78, 5) is 0.481. The molecule has 5 nitrogen and oxygen atoms in total. The van der Waals surface area contributed by atoms with Gasteiger partial charge in [-0.3, -0.25) is 0 Å². The molecule has 1 saturated heterocycles. The number of hydrogen-bond donors (Lipinski definition) is 1. The average Bonchev–Trinajstić information content (AvgIpc) is 2.37. The zero-order valence-electron chi connectivity index (χ0n) is 11.9. The Morgan fingerprint density at radius 1 is 1.42 bits per heavy atom. The fourth-order valence-corrected chi connectivity index (χ4v) is 4.87. The Balaban J connectivity index is 2.81. The lowest BCUT2D eigenvalue weighted by atomic mass is 9.97. The van der Waals surface area contributed by atoms with Crippen LogP contribution in [0.3, 0.4) is 0 Å². The number of piperidine rings is 1. The molecule has 0 aromatic heterocycles. The van der Waals surface area contributed by atoms with Crippen molar-refractivity contribution in [3.63, 3.8) is 0 Å². The van der Waals surface area contributed by atoms with E-state index in [-0.39, 0.29) is 10.8 Å². The molecule has 2 N–H and O–H groups in total. The minimum atomic E-state index is -3.37. The second kappa shape index (κ2) is 6.26. The third kappa shape index (κ3) is 3.41. The van der Waals surface area contributed by atoms with Crippen LogP contribution in [-0.4, -0.2) is 59.2 Å². The highest BCUT2D eigenvalue weighted by atomic mass is 32.2. The van der Waals surface area contributed by atoms with Crippen LogP contribution in [0.15, 0.2) is 0 Å². The molecule has 1 rings (SSSR count). The highest BCUT2D eigenvalue weighted by molar-refractivity contribution is 8.02. The third-order valence-electron chi connectivity index (χ3n) is 3.79. The van der Waals surface area contributed by atoms with Gasteiger partial charge in [0.15, 0.2) is 0 Å². The first-order valence-corrected chi connectivity index (χ1v) is 9.28. The topological polar surface area (TPSA) is 66.6 Å². The van der Waals surface area contributed by atoms with Gasteiger partial charge in [0, 0.05) is 26.2 Å². The lowest BCUT2D eigenvalue weighted by Crippen LogP contribution is -2.53. The molecule has 1 fully saturated rings. The van der Waals surface area contributed by atoms with Gasteiger partial charge in [-0.15, -0.1) is 0 Å². The molecule has 0 aromatic rings. The lowest BCUT2D eigenvalue weighted by Gasteiger charge is -2.40. The zero-order chi connectivity index (χ0) is 14.8. The van der Waals surface area contributed by atoms with Crippen LogP contribution in [0.5, 0.6) is 0 Å². The Hall–Kier alpha value is 0.110. The number of hydrogen-bond acceptors (Lipinski definition) is 4. The molecule has 0 bridgehead atoms. The van der Waals surface area contributed by atoms with Crippen molar-refractivity contribution in [3.8, 4) is 0 Å². The summed E-state index contributed by atoms with van der Waals surface area (Å²) in [6.07, 6.45) is 3.33. The zero-order valence-corrected chi connectivity index (χ0v) is 14.4. The van der Waals surface area contributed by atoms with Crippen molar-refractivity contribution < 1.29 is 8.42 Å². The second-order valence-corrected chi connectivity index (χ2v) is 8.70. The standard InChI is InChI=1S/C11H23N3O2S3/c1-9(2)13(3)19(15,16)14-7-5-11(18-4,6-8-14)10(12)17/h9H,5-8H2,1-4H3,(H2,12,17). The molecule has 0 spiro atoms. The fourth-order valence-electron chi connectivity index (χ4n) is 2.08. The molecule has 0 saturated carbocycles. The van der Waals surface area contributed by atoms with Crippen molar-refractivity contribution in [2.24, 2.45) is 5.73 Å². The second-order valence-electron chi connectivity index (χ2n) is 5.08. The Kier molecular flexibility index (Phi) is 5.65. The van der Waals surface area contributed by atoms with Crippen LogP contribution in [-0.2, 0) is 10.2 Å². The summed E-state index contributed by atoms with van der Waals surface area (Å²) in [5.74, 6) is 0. The fraction of sp³-hybridized carbons (Fsp3) is 0.909. The van der Waals surface area contributed by atoms with Crippen LogP contribution in [0.4, 0.5) is 0 Å². The largest absolute Gasteiger partial charge is 0.392 e. The van der Waals surface area contributed by atoms with Gasteiger partial charge in [0.25, 0.3) is 10.2 Å². The van der Waals surface area contributed by atoms with Crippen molar-refractivity contribution in [1.29, 1.82) is 0 Å². The first kappa shape index (κ1) is 17.2. The number of thiocarbonyl (C=S) groups is 1. The maximum atomic E-state index is 12.4. The van der Waals surface area contributed by atoms with Crippen molar-refractivity contribution >= 4 is 39.2 Å². The Labute approximate surface area is 126 Å². The summed E-state index contributed by atoms with van der Waals surface area (Å²) < 4.78 is 27.4. The molecule has 112 valence electrons. The first-order valence-electron chi connectivity index (χ1n) is 6.25. The summed E-state index contributed by atoms with van der Waals surface area (Å²) in [5.41, 5.74) is 5.81.